The molecule has 3 heterocycles. The summed E-state index contributed by atoms with van der Waals surface area (Å²) in [6.45, 7) is 1.98. The Morgan fingerprint density at radius 1 is 1.09 bits per heavy atom. The van der Waals surface area contributed by atoms with Crippen LogP contribution < -0.4 is 0 Å². The molecule has 33 heavy (non-hydrogen) atoms. The molecule has 0 unspecified atom stereocenters. The minimum absolute atomic E-state index is 0.0620. The number of nitrogens with zero attached hydrogens (tertiary/aromatic N) is 1. The van der Waals surface area contributed by atoms with Gasteiger partial charge in [-0.1, -0.05) is 41.9 Å². The summed E-state index contributed by atoms with van der Waals surface area (Å²) in [6.07, 6.45) is 0.384. The Morgan fingerprint density at radius 2 is 1.91 bits per heavy atom. The third kappa shape index (κ3) is 4.30. The molecular formula is C25H22ClNO5S. The summed E-state index contributed by atoms with van der Waals surface area (Å²) < 4.78 is 36.3. The molecule has 6 nitrogen and oxygen atoms in total. The van der Waals surface area contributed by atoms with Gasteiger partial charge in [-0.3, -0.25) is 4.79 Å². The largest absolute Gasteiger partial charge is 0.459 e. The average molecular weight is 484 g/mol. The van der Waals surface area contributed by atoms with Crippen molar-refractivity contribution in [2.45, 2.75) is 25.9 Å². The van der Waals surface area contributed by atoms with Gasteiger partial charge in [-0.2, -0.15) is 0 Å². The van der Waals surface area contributed by atoms with E-state index in [1.54, 1.807) is 23.1 Å². The molecule has 0 N–H and O–H groups in total. The second-order valence-corrected chi connectivity index (χ2v) is 11.0. The van der Waals surface area contributed by atoms with Gasteiger partial charge >= 0.3 is 0 Å². The number of carbonyl (C=O) groups excluding carboxylic acids is 1. The fourth-order valence-corrected chi connectivity index (χ4v) is 6.25. The van der Waals surface area contributed by atoms with Gasteiger partial charge in [-0.15, -0.1) is 0 Å². The Balaban J connectivity index is 1.49. The zero-order chi connectivity index (χ0) is 23.2. The van der Waals surface area contributed by atoms with Gasteiger partial charge < -0.3 is 13.7 Å². The average Bonchev–Trinajstić information content (AvgIpc) is 3.49. The molecule has 1 aliphatic heterocycles. The van der Waals surface area contributed by atoms with Crippen LogP contribution in [0.25, 0.3) is 22.3 Å². The van der Waals surface area contributed by atoms with Crippen molar-refractivity contribution in [3.05, 3.63) is 82.8 Å². The molecule has 8 heteroatoms. The maximum Gasteiger partial charge on any atom is 0.290 e. The maximum atomic E-state index is 13.6. The molecule has 0 aliphatic carbocycles. The van der Waals surface area contributed by atoms with Crippen LogP contribution in [0.3, 0.4) is 0 Å². The number of amides is 1. The van der Waals surface area contributed by atoms with Crippen molar-refractivity contribution < 1.29 is 22.0 Å². The van der Waals surface area contributed by atoms with E-state index >= 15 is 0 Å². The summed E-state index contributed by atoms with van der Waals surface area (Å²) in [7, 11) is -3.20. The number of furan rings is 2. The van der Waals surface area contributed by atoms with E-state index in [0.717, 1.165) is 16.5 Å². The third-order valence-corrected chi connectivity index (χ3v) is 8.03. The van der Waals surface area contributed by atoms with Crippen LogP contribution in [0.5, 0.6) is 0 Å². The van der Waals surface area contributed by atoms with Crippen molar-refractivity contribution in [2.24, 2.45) is 0 Å². The van der Waals surface area contributed by atoms with E-state index in [2.05, 4.69) is 0 Å². The fraction of sp³-hybridized carbons (Fsp3) is 0.240. The Bertz CT molecular complexity index is 1450. The van der Waals surface area contributed by atoms with Crippen LogP contribution in [0.2, 0.25) is 5.02 Å². The fourth-order valence-electron chi connectivity index (χ4n) is 4.32. The van der Waals surface area contributed by atoms with Gasteiger partial charge in [0, 0.05) is 27.6 Å². The summed E-state index contributed by atoms with van der Waals surface area (Å²) in [4.78, 5) is 15.2. The second-order valence-electron chi connectivity index (χ2n) is 8.32. The van der Waals surface area contributed by atoms with Gasteiger partial charge in [0.1, 0.15) is 17.1 Å². The maximum absolute atomic E-state index is 13.6. The smallest absolute Gasteiger partial charge is 0.290 e. The highest BCUT2D eigenvalue weighted by molar-refractivity contribution is 7.91. The highest BCUT2D eigenvalue weighted by atomic mass is 35.5. The predicted molar refractivity (Wildman–Crippen MR) is 127 cm³/mol. The van der Waals surface area contributed by atoms with Crippen molar-refractivity contribution in [3.63, 3.8) is 0 Å². The zero-order valence-electron chi connectivity index (χ0n) is 18.0. The number of sulfone groups is 1. The summed E-state index contributed by atoms with van der Waals surface area (Å²) in [5, 5.41) is 1.46. The van der Waals surface area contributed by atoms with E-state index in [9.17, 15) is 13.2 Å². The van der Waals surface area contributed by atoms with E-state index in [4.69, 9.17) is 20.4 Å². The number of carbonyl (C=O) groups is 1. The number of halogens is 1. The molecule has 2 aromatic carbocycles. The van der Waals surface area contributed by atoms with Crippen molar-refractivity contribution in [1.82, 2.24) is 4.90 Å². The Hall–Kier alpha value is -3.03. The molecule has 1 saturated heterocycles. The molecule has 2 aromatic heterocycles. The number of fused-ring (bicyclic) bond motifs is 1. The van der Waals surface area contributed by atoms with Crippen LogP contribution in [-0.4, -0.2) is 36.8 Å². The molecule has 0 bridgehead atoms. The normalized spacial score (nSPS) is 17.5. The van der Waals surface area contributed by atoms with Crippen LogP contribution in [-0.2, 0) is 16.4 Å². The monoisotopic (exact) mass is 483 g/mol. The van der Waals surface area contributed by atoms with Crippen molar-refractivity contribution in [2.75, 3.05) is 11.5 Å². The lowest BCUT2D eigenvalue weighted by Crippen LogP contribution is -2.40. The number of hydrogen-bond donors (Lipinski definition) is 0. The Labute approximate surface area is 196 Å². The number of aryl methyl sites for hydroxylation is 1. The molecular weight excluding hydrogens is 462 g/mol. The van der Waals surface area contributed by atoms with Gasteiger partial charge in [-0.25, -0.2) is 8.42 Å². The van der Waals surface area contributed by atoms with E-state index in [1.165, 1.54) is 0 Å². The van der Waals surface area contributed by atoms with Crippen LogP contribution >= 0.6 is 11.6 Å². The van der Waals surface area contributed by atoms with Crippen molar-refractivity contribution in [3.8, 4) is 11.3 Å². The molecule has 1 atom stereocenters. The summed E-state index contributed by atoms with van der Waals surface area (Å²) in [5.74, 6) is 1.05. The molecule has 5 rings (SSSR count). The molecule has 1 amide bonds. The van der Waals surface area contributed by atoms with Crippen molar-refractivity contribution in [1.29, 1.82) is 0 Å². The highest BCUT2D eigenvalue weighted by Crippen LogP contribution is 2.30. The molecule has 4 aromatic rings. The molecule has 1 aliphatic rings. The Morgan fingerprint density at radius 3 is 2.64 bits per heavy atom. The summed E-state index contributed by atoms with van der Waals surface area (Å²) >= 11 is 6.09. The second kappa shape index (κ2) is 8.39. The first kappa shape index (κ1) is 21.8. The topological polar surface area (TPSA) is 80.7 Å². The molecule has 0 saturated carbocycles. The first-order chi connectivity index (χ1) is 15.8. The highest BCUT2D eigenvalue weighted by Gasteiger charge is 2.37. The van der Waals surface area contributed by atoms with Gasteiger partial charge in [0.2, 0.25) is 0 Å². The van der Waals surface area contributed by atoms with Crippen LogP contribution in [0.15, 0.2) is 69.5 Å². The lowest BCUT2D eigenvalue weighted by Gasteiger charge is -2.26. The van der Waals surface area contributed by atoms with Gasteiger partial charge in [0.05, 0.1) is 18.1 Å². The van der Waals surface area contributed by atoms with Gasteiger partial charge in [0.25, 0.3) is 5.91 Å². The number of rotatable bonds is 5. The molecule has 0 radical (unpaired) electrons. The third-order valence-electron chi connectivity index (χ3n) is 6.04. The predicted octanol–water partition coefficient (Wildman–Crippen LogP) is 5.48. The first-order valence-corrected chi connectivity index (χ1v) is 12.8. The lowest BCUT2D eigenvalue weighted by atomic mass is 10.1. The van der Waals surface area contributed by atoms with Crippen LogP contribution in [0, 0.1) is 6.92 Å². The zero-order valence-corrected chi connectivity index (χ0v) is 19.5. The Kier molecular flexibility index (Phi) is 5.54. The van der Waals surface area contributed by atoms with E-state index < -0.39 is 15.9 Å². The van der Waals surface area contributed by atoms with Crippen molar-refractivity contribution >= 4 is 38.3 Å². The van der Waals surface area contributed by atoms with Crippen LogP contribution in [0.4, 0.5) is 0 Å². The van der Waals surface area contributed by atoms with E-state index in [1.807, 2.05) is 49.4 Å². The van der Waals surface area contributed by atoms with E-state index in [-0.39, 0.29) is 29.7 Å². The first-order valence-electron chi connectivity index (χ1n) is 10.6. The van der Waals surface area contributed by atoms with Crippen LogP contribution in [0.1, 0.15) is 28.3 Å². The lowest BCUT2D eigenvalue weighted by molar-refractivity contribution is 0.0635. The molecule has 170 valence electrons. The molecule has 1 fully saturated rings. The quantitative estimate of drug-likeness (QED) is 0.375. The summed E-state index contributed by atoms with van der Waals surface area (Å²) in [6, 6.07) is 17.9. The number of benzene rings is 2. The number of para-hydroxylation sites is 1. The van der Waals surface area contributed by atoms with E-state index in [0.29, 0.717) is 28.5 Å². The minimum atomic E-state index is -3.20. The van der Waals surface area contributed by atoms with Gasteiger partial charge in [-0.05, 0) is 43.7 Å². The standard InChI is InChI=1S/C25H22ClNO5S/c1-16-21-7-2-3-8-23(21)32-24(16)25(28)27(19-11-12-33(29,30)15-19)14-20-9-10-22(31-20)17-5-4-6-18(26)13-17/h2-10,13,19H,11-12,14-15H2,1H3/t19-/m0/s1. The number of hydrogen-bond acceptors (Lipinski definition) is 5. The minimum Gasteiger partial charge on any atom is -0.459 e. The van der Waals surface area contributed by atoms with Gasteiger partial charge in [0.15, 0.2) is 15.6 Å². The molecule has 0 spiro atoms. The SMILES string of the molecule is Cc1c(C(=O)N(Cc2ccc(-c3cccc(Cl)c3)o2)[C@H]2CCS(=O)(=O)C2)oc2ccccc12. The summed E-state index contributed by atoms with van der Waals surface area (Å²) in [5.41, 5.74) is 2.18.